The third kappa shape index (κ3) is 1.88. The summed E-state index contributed by atoms with van der Waals surface area (Å²) >= 11 is 0. The van der Waals surface area contributed by atoms with Crippen LogP contribution >= 0.6 is 0 Å². The Morgan fingerprint density at radius 1 is 1.35 bits per heavy atom. The molecule has 2 heterocycles. The van der Waals surface area contributed by atoms with Crippen molar-refractivity contribution in [2.24, 2.45) is 0 Å². The lowest BCUT2D eigenvalue weighted by atomic mass is 10.0. The van der Waals surface area contributed by atoms with E-state index >= 15 is 0 Å². The van der Waals surface area contributed by atoms with E-state index in [1.807, 2.05) is 0 Å². The molecule has 0 bridgehead atoms. The fraction of sp³-hybridized carbons (Fsp3) is 0.400. The van der Waals surface area contributed by atoms with Gasteiger partial charge in [-0.25, -0.2) is 4.98 Å². The first-order chi connectivity index (χ1) is 8.24. The number of fused-ring (bicyclic) bond motifs is 1. The molecule has 0 saturated heterocycles. The zero-order valence-corrected chi connectivity index (χ0v) is 10.5. The van der Waals surface area contributed by atoms with Crippen molar-refractivity contribution in [1.82, 2.24) is 9.55 Å². The second-order valence-corrected chi connectivity index (χ2v) is 5.09. The molecule has 2 heteroatoms. The quantitative estimate of drug-likeness (QED) is 0.724. The molecule has 0 fully saturated rings. The van der Waals surface area contributed by atoms with Crippen LogP contribution in [0.2, 0.25) is 0 Å². The molecule has 1 unspecified atom stereocenters. The first-order valence-corrected chi connectivity index (χ1v) is 6.38. The maximum absolute atomic E-state index is 4.81. The highest BCUT2D eigenvalue weighted by Gasteiger charge is 2.19. The molecule has 3 rings (SSSR count). The predicted molar refractivity (Wildman–Crippen MR) is 70.0 cm³/mol. The molecule has 0 amide bonds. The molecular weight excluding hydrogens is 208 g/mol. The van der Waals surface area contributed by atoms with Gasteiger partial charge in [0.1, 0.15) is 5.82 Å². The number of hydrogen-bond donors (Lipinski definition) is 0. The van der Waals surface area contributed by atoms with Crippen molar-refractivity contribution in [3.8, 4) is 11.3 Å². The number of nitrogens with zero attached hydrogens (tertiary/aromatic N) is 2. The van der Waals surface area contributed by atoms with E-state index in [2.05, 4.69) is 48.9 Å². The topological polar surface area (TPSA) is 17.8 Å². The third-order valence-corrected chi connectivity index (χ3v) is 3.60. The molecule has 1 aromatic carbocycles. The number of hydrogen-bond acceptors (Lipinski definition) is 1. The van der Waals surface area contributed by atoms with Crippen molar-refractivity contribution in [3.05, 3.63) is 41.9 Å². The molecule has 1 aliphatic rings. The van der Waals surface area contributed by atoms with Crippen LogP contribution in [0.1, 0.15) is 37.1 Å². The van der Waals surface area contributed by atoms with Gasteiger partial charge in [0.2, 0.25) is 0 Å². The smallest absolute Gasteiger partial charge is 0.112 e. The molecule has 0 aliphatic carbocycles. The van der Waals surface area contributed by atoms with Gasteiger partial charge >= 0.3 is 0 Å². The predicted octanol–water partition coefficient (Wildman–Crippen LogP) is 3.76. The summed E-state index contributed by atoms with van der Waals surface area (Å²) in [6.45, 7) is 5.53. The Morgan fingerprint density at radius 3 is 3.00 bits per heavy atom. The van der Waals surface area contributed by atoms with Crippen molar-refractivity contribution in [3.63, 3.8) is 0 Å². The molecule has 0 spiro atoms. The van der Waals surface area contributed by atoms with Crippen LogP contribution in [0, 0.1) is 6.92 Å². The molecule has 0 saturated carbocycles. The molecule has 88 valence electrons. The second-order valence-electron chi connectivity index (χ2n) is 5.09. The summed E-state index contributed by atoms with van der Waals surface area (Å²) in [7, 11) is 0. The van der Waals surface area contributed by atoms with Gasteiger partial charge in [0.15, 0.2) is 0 Å². The van der Waals surface area contributed by atoms with E-state index in [1.54, 1.807) is 0 Å². The second kappa shape index (κ2) is 4.02. The van der Waals surface area contributed by atoms with Crippen molar-refractivity contribution in [2.75, 3.05) is 0 Å². The van der Waals surface area contributed by atoms with E-state index in [0.717, 1.165) is 12.2 Å². The Hall–Kier alpha value is -1.57. The van der Waals surface area contributed by atoms with Crippen molar-refractivity contribution >= 4 is 0 Å². The lowest BCUT2D eigenvalue weighted by Gasteiger charge is -2.19. The number of aryl methyl sites for hydroxylation is 2. The summed E-state index contributed by atoms with van der Waals surface area (Å²) in [5.74, 6) is 1.86. The SMILES string of the molecule is Cc1cccc(-c2cn3c(n2)C(C)CCC3)c1. The van der Waals surface area contributed by atoms with Crippen LogP contribution in [0.5, 0.6) is 0 Å². The molecule has 0 radical (unpaired) electrons. The highest BCUT2D eigenvalue weighted by Crippen LogP contribution is 2.29. The molecular formula is C15H18N2. The molecule has 1 atom stereocenters. The van der Waals surface area contributed by atoms with Gasteiger partial charge in [-0.15, -0.1) is 0 Å². The Kier molecular flexibility index (Phi) is 2.50. The van der Waals surface area contributed by atoms with Gasteiger partial charge in [0, 0.05) is 24.2 Å². The molecule has 0 N–H and O–H groups in total. The highest BCUT2D eigenvalue weighted by atomic mass is 15.1. The maximum atomic E-state index is 4.81. The highest BCUT2D eigenvalue weighted by molar-refractivity contribution is 5.59. The zero-order chi connectivity index (χ0) is 11.8. The monoisotopic (exact) mass is 226 g/mol. The van der Waals surface area contributed by atoms with Crippen LogP contribution in [0.25, 0.3) is 11.3 Å². The lowest BCUT2D eigenvalue weighted by molar-refractivity contribution is 0.463. The summed E-state index contributed by atoms with van der Waals surface area (Å²) in [4.78, 5) is 4.81. The van der Waals surface area contributed by atoms with Crippen molar-refractivity contribution < 1.29 is 0 Å². The summed E-state index contributed by atoms with van der Waals surface area (Å²) < 4.78 is 2.33. The van der Waals surface area contributed by atoms with Gasteiger partial charge in [0.25, 0.3) is 0 Å². The Balaban J connectivity index is 2.05. The lowest BCUT2D eigenvalue weighted by Crippen LogP contribution is -2.12. The largest absolute Gasteiger partial charge is 0.334 e. The average Bonchev–Trinajstić information content (AvgIpc) is 2.74. The average molecular weight is 226 g/mol. The van der Waals surface area contributed by atoms with Crippen LogP contribution in [0.3, 0.4) is 0 Å². The fourth-order valence-corrected chi connectivity index (χ4v) is 2.64. The van der Waals surface area contributed by atoms with Crippen molar-refractivity contribution in [2.45, 2.75) is 39.2 Å². The van der Waals surface area contributed by atoms with E-state index in [9.17, 15) is 0 Å². The van der Waals surface area contributed by atoms with Crippen LogP contribution in [0.15, 0.2) is 30.5 Å². The van der Waals surface area contributed by atoms with E-state index in [-0.39, 0.29) is 0 Å². The number of imidazole rings is 1. The molecule has 17 heavy (non-hydrogen) atoms. The van der Waals surface area contributed by atoms with E-state index < -0.39 is 0 Å². The van der Waals surface area contributed by atoms with Gasteiger partial charge < -0.3 is 4.57 Å². The summed E-state index contributed by atoms with van der Waals surface area (Å²) in [6, 6.07) is 8.58. The molecule has 2 aromatic rings. The normalized spacial score (nSPS) is 19.1. The van der Waals surface area contributed by atoms with E-state index in [0.29, 0.717) is 5.92 Å². The van der Waals surface area contributed by atoms with Gasteiger partial charge in [-0.2, -0.15) is 0 Å². The maximum Gasteiger partial charge on any atom is 0.112 e. The molecule has 2 nitrogen and oxygen atoms in total. The van der Waals surface area contributed by atoms with Crippen LogP contribution in [0.4, 0.5) is 0 Å². The summed E-state index contributed by atoms with van der Waals surface area (Å²) in [5, 5.41) is 0. The van der Waals surface area contributed by atoms with Gasteiger partial charge in [-0.3, -0.25) is 0 Å². The van der Waals surface area contributed by atoms with Crippen LogP contribution in [-0.2, 0) is 6.54 Å². The minimum atomic E-state index is 0.599. The Bertz CT molecular complexity index is 540. The minimum absolute atomic E-state index is 0.599. The van der Waals surface area contributed by atoms with E-state index in [1.165, 1.54) is 29.8 Å². The molecule has 1 aliphatic heterocycles. The summed E-state index contributed by atoms with van der Waals surface area (Å²) in [5.41, 5.74) is 3.65. The number of aromatic nitrogens is 2. The number of benzene rings is 1. The Morgan fingerprint density at radius 2 is 2.24 bits per heavy atom. The zero-order valence-electron chi connectivity index (χ0n) is 10.5. The number of rotatable bonds is 1. The molecule has 1 aromatic heterocycles. The summed E-state index contributed by atoms with van der Waals surface area (Å²) in [6.07, 6.45) is 4.75. The fourth-order valence-electron chi connectivity index (χ4n) is 2.64. The minimum Gasteiger partial charge on any atom is -0.334 e. The van der Waals surface area contributed by atoms with Gasteiger partial charge in [0.05, 0.1) is 5.69 Å². The van der Waals surface area contributed by atoms with Gasteiger partial charge in [-0.1, -0.05) is 30.7 Å². The first kappa shape index (κ1) is 10.6. The van der Waals surface area contributed by atoms with Crippen molar-refractivity contribution in [1.29, 1.82) is 0 Å². The van der Waals surface area contributed by atoms with Gasteiger partial charge in [-0.05, 0) is 25.8 Å². The van der Waals surface area contributed by atoms with Crippen LogP contribution < -0.4 is 0 Å². The first-order valence-electron chi connectivity index (χ1n) is 6.38. The Labute approximate surface area is 102 Å². The standard InChI is InChI=1S/C15H18N2/c1-11-5-3-7-13(9-11)14-10-17-8-4-6-12(2)15(17)16-14/h3,5,7,9-10,12H,4,6,8H2,1-2H3. The third-order valence-electron chi connectivity index (χ3n) is 3.60. The van der Waals surface area contributed by atoms with Crippen LogP contribution in [-0.4, -0.2) is 9.55 Å². The van der Waals surface area contributed by atoms with E-state index in [4.69, 9.17) is 4.98 Å².